The molecule has 0 unspecified atom stereocenters. The largest absolute Gasteiger partial charge is 0.389 e. The van der Waals surface area contributed by atoms with E-state index in [9.17, 15) is 9.59 Å². The molecule has 1 aromatic rings. The monoisotopic (exact) mass is 217 g/mol. The molecular formula is C10H10KO3. The molecule has 0 aliphatic rings. The molecule has 1 radical (unpaired) electrons. The van der Waals surface area contributed by atoms with Crippen LogP contribution in [0.5, 0.6) is 0 Å². The van der Waals surface area contributed by atoms with Crippen LogP contribution < -0.4 is 0 Å². The standard InChI is InChI=1S/C10H10O3.K/c1-2-9(11)13-10(12)8-6-4-3-5-7-8;/h3-7H,2H2,1H3;. The number of ether oxygens (including phenoxy) is 1. The van der Waals surface area contributed by atoms with E-state index >= 15 is 0 Å². The van der Waals surface area contributed by atoms with Crippen LogP contribution in [0, 0.1) is 0 Å². The molecule has 4 heteroatoms. The van der Waals surface area contributed by atoms with Crippen LogP contribution in [-0.4, -0.2) is 63.3 Å². The van der Waals surface area contributed by atoms with E-state index in [0.717, 1.165) is 0 Å². The summed E-state index contributed by atoms with van der Waals surface area (Å²) in [6, 6.07) is 8.43. The molecule has 0 saturated carbocycles. The van der Waals surface area contributed by atoms with Crippen LogP contribution in [0.2, 0.25) is 0 Å². The third-order valence-corrected chi connectivity index (χ3v) is 1.50. The van der Waals surface area contributed by atoms with E-state index in [1.165, 1.54) is 0 Å². The summed E-state index contributed by atoms with van der Waals surface area (Å²) < 4.78 is 4.51. The van der Waals surface area contributed by atoms with Gasteiger partial charge in [0.1, 0.15) is 0 Å². The molecule has 0 aliphatic heterocycles. The molecule has 0 N–H and O–H groups in total. The van der Waals surface area contributed by atoms with Gasteiger partial charge < -0.3 is 4.74 Å². The Labute approximate surface area is 125 Å². The molecule has 0 aliphatic carbocycles. The van der Waals surface area contributed by atoms with Gasteiger partial charge in [-0.3, -0.25) is 4.79 Å². The fourth-order valence-electron chi connectivity index (χ4n) is 0.809. The Hall–Kier alpha value is -0.00364. The molecule has 3 nitrogen and oxygen atoms in total. The van der Waals surface area contributed by atoms with Crippen molar-refractivity contribution >= 4 is 63.3 Å². The van der Waals surface area contributed by atoms with Gasteiger partial charge in [-0.25, -0.2) is 4.79 Å². The maximum absolute atomic E-state index is 11.2. The van der Waals surface area contributed by atoms with Crippen molar-refractivity contribution in [3.63, 3.8) is 0 Å². The van der Waals surface area contributed by atoms with Crippen molar-refractivity contribution in [1.82, 2.24) is 0 Å². The second-order valence-electron chi connectivity index (χ2n) is 2.48. The summed E-state index contributed by atoms with van der Waals surface area (Å²) in [7, 11) is 0. The van der Waals surface area contributed by atoms with E-state index in [1.54, 1.807) is 37.3 Å². The molecule has 0 saturated heterocycles. The summed E-state index contributed by atoms with van der Waals surface area (Å²) >= 11 is 0. The summed E-state index contributed by atoms with van der Waals surface area (Å²) in [6.07, 6.45) is 0.207. The van der Waals surface area contributed by atoms with Crippen molar-refractivity contribution in [3.05, 3.63) is 35.9 Å². The molecule has 0 aromatic heterocycles. The summed E-state index contributed by atoms with van der Waals surface area (Å²) in [5.74, 6) is -1.10. The van der Waals surface area contributed by atoms with Crippen LogP contribution in [0.4, 0.5) is 0 Å². The fraction of sp³-hybridized carbons (Fsp3) is 0.200. The first-order chi connectivity index (χ1) is 6.24. The van der Waals surface area contributed by atoms with E-state index in [2.05, 4.69) is 4.74 Å². The van der Waals surface area contributed by atoms with Crippen molar-refractivity contribution in [2.45, 2.75) is 13.3 Å². The molecule has 0 fully saturated rings. The third kappa shape index (κ3) is 4.48. The number of carbonyl (C=O) groups is 2. The van der Waals surface area contributed by atoms with Crippen molar-refractivity contribution in [3.8, 4) is 0 Å². The van der Waals surface area contributed by atoms with Gasteiger partial charge in [-0.05, 0) is 12.1 Å². The average molecular weight is 217 g/mol. The van der Waals surface area contributed by atoms with Crippen LogP contribution in [0.25, 0.3) is 0 Å². The molecule has 0 heterocycles. The van der Waals surface area contributed by atoms with E-state index in [1.807, 2.05) is 0 Å². The van der Waals surface area contributed by atoms with Crippen molar-refractivity contribution in [2.24, 2.45) is 0 Å². The van der Waals surface area contributed by atoms with Gasteiger partial charge >= 0.3 is 11.9 Å². The number of rotatable bonds is 2. The normalized spacial score (nSPS) is 8.64. The van der Waals surface area contributed by atoms with Crippen molar-refractivity contribution in [2.75, 3.05) is 0 Å². The Bertz CT molecular complexity index is 308. The fourth-order valence-corrected chi connectivity index (χ4v) is 0.809. The molecule has 0 spiro atoms. The van der Waals surface area contributed by atoms with E-state index in [0.29, 0.717) is 5.56 Å². The van der Waals surface area contributed by atoms with Gasteiger partial charge in [0.25, 0.3) is 0 Å². The van der Waals surface area contributed by atoms with Gasteiger partial charge in [0.05, 0.1) is 5.56 Å². The Morgan fingerprint density at radius 3 is 2.29 bits per heavy atom. The van der Waals surface area contributed by atoms with E-state index in [4.69, 9.17) is 0 Å². The minimum atomic E-state index is -0.590. The third-order valence-electron chi connectivity index (χ3n) is 1.50. The topological polar surface area (TPSA) is 43.4 Å². The number of hydrogen-bond acceptors (Lipinski definition) is 3. The summed E-state index contributed by atoms with van der Waals surface area (Å²) in [4.78, 5) is 21.9. The quantitative estimate of drug-likeness (QED) is 0.427. The Kier molecular flexibility index (Phi) is 7.31. The molecular weight excluding hydrogens is 207 g/mol. The molecule has 0 atom stereocenters. The van der Waals surface area contributed by atoms with Gasteiger partial charge in [-0.15, -0.1) is 0 Å². The van der Waals surface area contributed by atoms with Gasteiger partial charge in [-0.1, -0.05) is 25.1 Å². The maximum atomic E-state index is 11.2. The molecule has 0 amide bonds. The Morgan fingerprint density at radius 1 is 1.21 bits per heavy atom. The van der Waals surface area contributed by atoms with Crippen molar-refractivity contribution in [1.29, 1.82) is 0 Å². The van der Waals surface area contributed by atoms with E-state index in [-0.39, 0.29) is 57.8 Å². The summed E-state index contributed by atoms with van der Waals surface area (Å²) in [6.45, 7) is 1.64. The zero-order valence-electron chi connectivity index (χ0n) is 8.32. The number of carbonyl (C=O) groups excluding carboxylic acids is 2. The van der Waals surface area contributed by atoms with Crippen LogP contribution in [0.3, 0.4) is 0 Å². The molecule has 14 heavy (non-hydrogen) atoms. The van der Waals surface area contributed by atoms with Gasteiger partial charge in [-0.2, -0.15) is 0 Å². The molecule has 0 bridgehead atoms. The number of hydrogen-bond donors (Lipinski definition) is 0. The Balaban J connectivity index is 0.00000169. The zero-order valence-corrected chi connectivity index (χ0v) is 11.4. The summed E-state index contributed by atoms with van der Waals surface area (Å²) in [5.41, 5.74) is 0.393. The van der Waals surface area contributed by atoms with Gasteiger partial charge in [0.15, 0.2) is 0 Å². The second kappa shape index (κ2) is 7.31. The molecule has 1 aromatic carbocycles. The van der Waals surface area contributed by atoms with Crippen LogP contribution in [0.15, 0.2) is 30.3 Å². The first-order valence-corrected chi connectivity index (χ1v) is 4.04. The predicted octanol–water partition coefficient (Wildman–Crippen LogP) is 1.40. The number of esters is 2. The first-order valence-electron chi connectivity index (χ1n) is 4.04. The predicted molar refractivity (Wildman–Crippen MR) is 52.9 cm³/mol. The molecule has 69 valence electrons. The minimum Gasteiger partial charge on any atom is -0.389 e. The minimum absolute atomic E-state index is 0. The summed E-state index contributed by atoms with van der Waals surface area (Å²) in [5, 5.41) is 0. The maximum Gasteiger partial charge on any atom is 0.345 e. The number of benzene rings is 1. The van der Waals surface area contributed by atoms with Crippen LogP contribution >= 0.6 is 0 Å². The first kappa shape index (κ1) is 14.0. The smallest absolute Gasteiger partial charge is 0.345 e. The van der Waals surface area contributed by atoms with Crippen LogP contribution in [0.1, 0.15) is 23.7 Å². The average Bonchev–Trinajstić information content (AvgIpc) is 2.19. The van der Waals surface area contributed by atoms with Crippen molar-refractivity contribution < 1.29 is 14.3 Å². The van der Waals surface area contributed by atoms with E-state index < -0.39 is 11.9 Å². The van der Waals surface area contributed by atoms with Gasteiger partial charge in [0.2, 0.25) is 0 Å². The second-order valence-corrected chi connectivity index (χ2v) is 2.48. The Morgan fingerprint density at radius 2 is 1.79 bits per heavy atom. The van der Waals surface area contributed by atoms with Gasteiger partial charge in [0, 0.05) is 57.8 Å². The zero-order chi connectivity index (χ0) is 9.68. The molecule has 1 rings (SSSR count). The van der Waals surface area contributed by atoms with Crippen LogP contribution in [-0.2, 0) is 9.53 Å². The SMILES string of the molecule is CCC(=O)OC(=O)c1ccccc1.[K].